The number of hydrogen-bond acceptors (Lipinski definition) is 3. The Hall–Kier alpha value is -3.44. The molecule has 0 saturated carbocycles. The zero-order valence-corrected chi connectivity index (χ0v) is 34.2. The molecule has 6 aromatic rings. The molecule has 0 spiro atoms. The zero-order chi connectivity index (χ0) is 36.9. The number of aromatic nitrogens is 1. The maximum Gasteiger partial charge on any atom is 0.142 e. The lowest BCUT2D eigenvalue weighted by Crippen LogP contribution is -2.29. The Bertz CT molecular complexity index is 1940. The maximum atomic E-state index is 13.2. The minimum Gasteiger partial charge on any atom is -0.376 e. The summed E-state index contributed by atoms with van der Waals surface area (Å²) in [7, 11) is 0. The van der Waals surface area contributed by atoms with Crippen molar-refractivity contribution in [1.29, 1.82) is 0 Å². The molecule has 0 amide bonds. The van der Waals surface area contributed by atoms with Gasteiger partial charge in [0.2, 0.25) is 0 Å². The number of aliphatic hydroxyl groups is 1. The van der Waals surface area contributed by atoms with E-state index in [1.807, 2.05) is 11.3 Å². The number of unbranched alkanes of at least 4 members (excludes halogenated alkanes) is 11. The minimum absolute atomic E-state index is 0.929. The van der Waals surface area contributed by atoms with Crippen LogP contribution in [0.25, 0.3) is 25.7 Å². The number of nitrogens with zero attached hydrogens (tertiary/aromatic N) is 1. The summed E-state index contributed by atoms with van der Waals surface area (Å²) < 4.78 is 3.58. The number of aryl methyl sites for hydroxylation is 3. The summed E-state index contributed by atoms with van der Waals surface area (Å²) in [6.45, 7) is 6.81. The topological polar surface area (TPSA) is 25.2 Å². The summed E-state index contributed by atoms with van der Waals surface area (Å²) in [5.41, 5.74) is 8.08. The van der Waals surface area contributed by atoms with Crippen LogP contribution in [0.3, 0.4) is 0 Å². The number of fused-ring (bicyclic) bond motifs is 1. The van der Waals surface area contributed by atoms with Gasteiger partial charge in [0.05, 0.1) is 15.1 Å². The highest BCUT2D eigenvalue weighted by atomic mass is 32.1. The Morgan fingerprint density at radius 2 is 1.02 bits per heavy atom. The smallest absolute Gasteiger partial charge is 0.142 e. The van der Waals surface area contributed by atoms with Crippen molar-refractivity contribution < 1.29 is 5.11 Å². The van der Waals surface area contributed by atoms with E-state index in [1.54, 1.807) is 11.3 Å². The Kier molecular flexibility index (Phi) is 14.6. The maximum absolute atomic E-state index is 13.2. The van der Waals surface area contributed by atoms with E-state index in [9.17, 15) is 5.11 Å². The van der Waals surface area contributed by atoms with E-state index in [2.05, 4.69) is 128 Å². The molecular weight excluding hydrogens is 683 g/mol. The molecule has 0 aliphatic carbocycles. The van der Waals surface area contributed by atoms with Crippen molar-refractivity contribution in [2.75, 3.05) is 0 Å². The molecule has 1 atom stereocenters. The molecular formula is C49H61NOS2. The summed E-state index contributed by atoms with van der Waals surface area (Å²) in [4.78, 5) is 2.34. The minimum atomic E-state index is -1.27. The van der Waals surface area contributed by atoms with Gasteiger partial charge in [-0.05, 0) is 102 Å². The molecule has 0 bridgehead atoms. The monoisotopic (exact) mass is 743 g/mol. The largest absolute Gasteiger partial charge is 0.376 e. The summed E-state index contributed by atoms with van der Waals surface area (Å²) in [6.07, 6.45) is 23.5. The molecule has 53 heavy (non-hydrogen) atoms. The van der Waals surface area contributed by atoms with Gasteiger partial charge in [-0.3, -0.25) is 0 Å². The van der Waals surface area contributed by atoms with Crippen LogP contribution >= 0.6 is 22.7 Å². The van der Waals surface area contributed by atoms with Crippen molar-refractivity contribution in [3.8, 4) is 15.4 Å². The first-order valence-electron chi connectivity index (χ1n) is 20.7. The second-order valence-electron chi connectivity index (χ2n) is 15.1. The molecule has 3 aromatic heterocycles. The van der Waals surface area contributed by atoms with Crippen LogP contribution in [-0.2, 0) is 24.9 Å². The van der Waals surface area contributed by atoms with E-state index in [4.69, 9.17) is 0 Å². The van der Waals surface area contributed by atoms with E-state index in [0.717, 1.165) is 40.8 Å². The Balaban J connectivity index is 1.29. The van der Waals surface area contributed by atoms with Gasteiger partial charge < -0.3 is 9.67 Å². The predicted octanol–water partition coefficient (Wildman–Crippen LogP) is 14.9. The molecule has 4 heteroatoms. The molecule has 3 heterocycles. The summed E-state index contributed by atoms with van der Waals surface area (Å²) in [6, 6.07) is 33.5. The van der Waals surface area contributed by atoms with Crippen molar-refractivity contribution in [3.63, 3.8) is 0 Å². The van der Waals surface area contributed by atoms with Crippen LogP contribution in [0.4, 0.5) is 0 Å². The Labute approximate surface area is 327 Å². The average molecular weight is 744 g/mol. The van der Waals surface area contributed by atoms with Crippen LogP contribution < -0.4 is 0 Å². The fourth-order valence-electron chi connectivity index (χ4n) is 7.80. The first-order chi connectivity index (χ1) is 26.0. The summed E-state index contributed by atoms with van der Waals surface area (Å²) in [5.74, 6) is 0. The molecule has 3 aromatic carbocycles. The normalized spacial score (nSPS) is 12.8. The SMILES string of the molecule is CCCCCCCCc1ccc(C(O)(c2ccc(CCCCCC)cc2)c2ccsc2-c2cc3c(ccn3-c3ccc(CCCCCC)cc3)s2)cc1. The summed E-state index contributed by atoms with van der Waals surface area (Å²) in [5, 5.41) is 15.3. The van der Waals surface area contributed by atoms with E-state index in [1.165, 1.54) is 127 Å². The first-order valence-corrected chi connectivity index (χ1v) is 22.4. The van der Waals surface area contributed by atoms with Crippen molar-refractivity contribution >= 4 is 32.9 Å². The van der Waals surface area contributed by atoms with Crippen LogP contribution in [0, 0.1) is 0 Å². The van der Waals surface area contributed by atoms with Crippen LogP contribution in [-0.4, -0.2) is 9.67 Å². The van der Waals surface area contributed by atoms with Gasteiger partial charge in [-0.2, -0.15) is 0 Å². The number of thiophene rings is 2. The lowest BCUT2D eigenvalue weighted by Gasteiger charge is -2.30. The van der Waals surface area contributed by atoms with Crippen molar-refractivity contribution in [3.05, 3.63) is 136 Å². The lowest BCUT2D eigenvalue weighted by molar-refractivity contribution is 0.126. The fourth-order valence-corrected chi connectivity index (χ4v) is 9.92. The molecule has 280 valence electrons. The first kappa shape index (κ1) is 39.3. The molecule has 6 rings (SSSR count). The zero-order valence-electron chi connectivity index (χ0n) is 32.5. The molecule has 0 radical (unpaired) electrons. The molecule has 0 fully saturated rings. The van der Waals surface area contributed by atoms with E-state index >= 15 is 0 Å². The summed E-state index contributed by atoms with van der Waals surface area (Å²) >= 11 is 3.56. The van der Waals surface area contributed by atoms with Gasteiger partial charge in [0, 0.05) is 22.3 Å². The molecule has 0 aliphatic rings. The van der Waals surface area contributed by atoms with E-state index in [-0.39, 0.29) is 0 Å². The van der Waals surface area contributed by atoms with Crippen molar-refractivity contribution in [2.24, 2.45) is 0 Å². The predicted molar refractivity (Wildman–Crippen MR) is 232 cm³/mol. The van der Waals surface area contributed by atoms with Gasteiger partial charge in [0.1, 0.15) is 5.60 Å². The van der Waals surface area contributed by atoms with Gasteiger partial charge >= 0.3 is 0 Å². The third-order valence-corrected chi connectivity index (χ3v) is 13.3. The lowest BCUT2D eigenvalue weighted by atomic mass is 9.79. The molecule has 1 unspecified atom stereocenters. The quantitative estimate of drug-likeness (QED) is 0.0688. The van der Waals surface area contributed by atoms with Crippen LogP contribution in [0.2, 0.25) is 0 Å². The van der Waals surface area contributed by atoms with Crippen LogP contribution in [0.15, 0.2) is 103 Å². The molecule has 1 N–H and O–H groups in total. The van der Waals surface area contributed by atoms with Gasteiger partial charge in [-0.1, -0.05) is 152 Å². The highest BCUT2D eigenvalue weighted by Crippen LogP contribution is 2.47. The third kappa shape index (κ3) is 9.82. The van der Waals surface area contributed by atoms with Gasteiger partial charge in [-0.15, -0.1) is 22.7 Å². The standard InChI is InChI=1S/C49H61NOS2/c1-4-7-10-13-14-17-20-39-23-29-42(30-24-39)49(51,41-27-21-38(22-28-41)18-15-11-8-5-2)44-34-36-52-48(44)47-37-45-46(53-47)33-35-50(45)43-31-25-40(26-32-43)19-16-12-9-6-3/h21-37,51H,4-20H2,1-3H3. The van der Waals surface area contributed by atoms with Crippen molar-refractivity contribution in [2.45, 2.75) is 136 Å². The van der Waals surface area contributed by atoms with Gasteiger partial charge in [0.25, 0.3) is 0 Å². The number of rotatable bonds is 22. The van der Waals surface area contributed by atoms with E-state index < -0.39 is 5.60 Å². The Morgan fingerprint density at radius 3 is 1.55 bits per heavy atom. The highest BCUT2D eigenvalue weighted by Gasteiger charge is 2.37. The van der Waals surface area contributed by atoms with Crippen LogP contribution in [0.5, 0.6) is 0 Å². The molecule has 2 nitrogen and oxygen atoms in total. The fraction of sp³-hybridized carbons (Fsp3) is 0.429. The average Bonchev–Trinajstić information content (AvgIpc) is 3.94. The second kappa shape index (κ2) is 19.8. The van der Waals surface area contributed by atoms with Crippen molar-refractivity contribution in [1.82, 2.24) is 4.57 Å². The van der Waals surface area contributed by atoms with Crippen LogP contribution in [0.1, 0.15) is 144 Å². The van der Waals surface area contributed by atoms with Gasteiger partial charge in [-0.25, -0.2) is 0 Å². The van der Waals surface area contributed by atoms with Gasteiger partial charge in [0.15, 0.2) is 0 Å². The number of benzene rings is 3. The number of hydrogen-bond donors (Lipinski definition) is 1. The Morgan fingerprint density at radius 1 is 0.547 bits per heavy atom. The third-order valence-electron chi connectivity index (χ3n) is 11.1. The second-order valence-corrected chi connectivity index (χ2v) is 17.1. The highest BCUT2D eigenvalue weighted by molar-refractivity contribution is 7.25. The molecule has 0 aliphatic heterocycles. The van der Waals surface area contributed by atoms with E-state index in [0.29, 0.717) is 0 Å². The molecule has 0 saturated heterocycles.